The van der Waals surface area contributed by atoms with E-state index in [4.69, 9.17) is 16.3 Å². The van der Waals surface area contributed by atoms with Crippen LogP contribution in [0.5, 0.6) is 5.75 Å². The van der Waals surface area contributed by atoms with Gasteiger partial charge in [0.15, 0.2) is 0 Å². The Morgan fingerprint density at radius 3 is 3.00 bits per heavy atom. The first-order valence-electron chi connectivity index (χ1n) is 8.18. The Bertz CT molecular complexity index is 729. The molecular formula is C18H22ClN3O2. The molecule has 1 saturated heterocycles. The van der Waals surface area contributed by atoms with Gasteiger partial charge in [0, 0.05) is 23.3 Å². The van der Waals surface area contributed by atoms with E-state index in [0.717, 1.165) is 37.1 Å². The van der Waals surface area contributed by atoms with E-state index in [1.54, 1.807) is 25.3 Å². The molecule has 1 fully saturated rings. The van der Waals surface area contributed by atoms with Gasteiger partial charge in [-0.05, 0) is 43.5 Å². The van der Waals surface area contributed by atoms with Gasteiger partial charge in [-0.15, -0.1) is 0 Å². The van der Waals surface area contributed by atoms with Crippen molar-refractivity contribution in [2.24, 2.45) is 0 Å². The van der Waals surface area contributed by atoms with Gasteiger partial charge in [0.05, 0.1) is 32.3 Å². The minimum atomic E-state index is 0.113. The molecule has 2 heterocycles. The summed E-state index contributed by atoms with van der Waals surface area (Å²) in [6, 6.07) is 5.58. The molecule has 24 heavy (non-hydrogen) atoms. The first kappa shape index (κ1) is 16.8. The van der Waals surface area contributed by atoms with E-state index in [1.165, 1.54) is 0 Å². The molecule has 0 aliphatic carbocycles. The lowest BCUT2D eigenvalue weighted by Crippen LogP contribution is -2.39. The normalized spacial score (nSPS) is 17.3. The highest BCUT2D eigenvalue weighted by molar-refractivity contribution is 6.30. The Hall–Kier alpha value is -2.01. The Morgan fingerprint density at radius 1 is 1.46 bits per heavy atom. The van der Waals surface area contributed by atoms with Gasteiger partial charge in [-0.2, -0.15) is 5.10 Å². The monoisotopic (exact) mass is 347 g/mol. The maximum absolute atomic E-state index is 12.8. The predicted molar refractivity (Wildman–Crippen MR) is 93.4 cm³/mol. The number of amides is 1. The number of aryl methyl sites for hydroxylation is 1. The second kappa shape index (κ2) is 7.26. The summed E-state index contributed by atoms with van der Waals surface area (Å²) in [7, 11) is 1.61. The molecule has 1 aliphatic heterocycles. The number of methoxy groups -OCH3 is 1. The molecule has 1 aromatic carbocycles. The Kier molecular flexibility index (Phi) is 5.09. The first-order chi connectivity index (χ1) is 11.6. The van der Waals surface area contributed by atoms with E-state index >= 15 is 0 Å². The number of halogens is 1. The average Bonchev–Trinajstić information content (AvgIpc) is 3.17. The van der Waals surface area contributed by atoms with Crippen molar-refractivity contribution in [2.75, 3.05) is 13.7 Å². The van der Waals surface area contributed by atoms with Crippen molar-refractivity contribution in [3.05, 3.63) is 46.7 Å². The van der Waals surface area contributed by atoms with Gasteiger partial charge in [0.2, 0.25) is 5.91 Å². The number of carbonyl (C=O) groups is 1. The molecule has 0 radical (unpaired) electrons. The van der Waals surface area contributed by atoms with Crippen molar-refractivity contribution in [1.29, 1.82) is 0 Å². The maximum atomic E-state index is 12.8. The molecule has 0 saturated carbocycles. The standard InChI is InChI=1S/C18H22ClN3O2/c1-13-10-20-21(11-13)12-16-4-3-7-22(16)18(23)9-14-8-15(19)5-6-17(14)24-2/h5-6,8,10-11,16H,3-4,7,9,12H2,1-2H3/t16-/m0/s1. The number of hydrogen-bond acceptors (Lipinski definition) is 3. The van der Waals surface area contributed by atoms with Crippen LogP contribution in [0.4, 0.5) is 0 Å². The zero-order valence-electron chi connectivity index (χ0n) is 14.0. The SMILES string of the molecule is COc1ccc(Cl)cc1CC(=O)N1CCC[C@H]1Cn1cc(C)cn1. The molecule has 0 unspecified atom stereocenters. The molecule has 1 aliphatic rings. The van der Waals surface area contributed by atoms with E-state index in [-0.39, 0.29) is 11.9 Å². The zero-order chi connectivity index (χ0) is 17.1. The van der Waals surface area contributed by atoms with Crippen molar-refractivity contribution in [2.45, 2.75) is 38.8 Å². The van der Waals surface area contributed by atoms with Crippen LogP contribution in [-0.2, 0) is 17.8 Å². The lowest BCUT2D eigenvalue weighted by molar-refractivity contribution is -0.131. The number of likely N-dealkylation sites (tertiary alicyclic amines) is 1. The molecular weight excluding hydrogens is 326 g/mol. The summed E-state index contributed by atoms with van der Waals surface area (Å²) < 4.78 is 7.27. The van der Waals surface area contributed by atoms with E-state index in [2.05, 4.69) is 5.10 Å². The highest BCUT2D eigenvalue weighted by Crippen LogP contribution is 2.26. The van der Waals surface area contributed by atoms with Crippen LogP contribution in [-0.4, -0.2) is 40.3 Å². The molecule has 0 N–H and O–H groups in total. The van der Waals surface area contributed by atoms with E-state index in [0.29, 0.717) is 17.2 Å². The van der Waals surface area contributed by atoms with Crippen LogP contribution in [0.2, 0.25) is 5.02 Å². The largest absolute Gasteiger partial charge is 0.496 e. The van der Waals surface area contributed by atoms with Gasteiger partial charge >= 0.3 is 0 Å². The fourth-order valence-electron chi connectivity index (χ4n) is 3.29. The summed E-state index contributed by atoms with van der Waals surface area (Å²) >= 11 is 6.06. The summed E-state index contributed by atoms with van der Waals surface area (Å²) in [5.41, 5.74) is 1.96. The highest BCUT2D eigenvalue weighted by Gasteiger charge is 2.29. The molecule has 6 heteroatoms. The van der Waals surface area contributed by atoms with Gasteiger partial charge in [-0.3, -0.25) is 9.48 Å². The van der Waals surface area contributed by atoms with Crippen molar-refractivity contribution >= 4 is 17.5 Å². The maximum Gasteiger partial charge on any atom is 0.227 e. The number of rotatable bonds is 5. The fourth-order valence-corrected chi connectivity index (χ4v) is 3.48. The second-order valence-corrected chi connectivity index (χ2v) is 6.69. The van der Waals surface area contributed by atoms with Crippen LogP contribution in [0.25, 0.3) is 0 Å². The number of carbonyl (C=O) groups excluding carboxylic acids is 1. The summed E-state index contributed by atoms with van der Waals surface area (Å²) in [5.74, 6) is 0.813. The number of ether oxygens (including phenoxy) is 1. The third-order valence-electron chi connectivity index (χ3n) is 4.44. The van der Waals surface area contributed by atoms with Gasteiger partial charge in [-0.1, -0.05) is 11.6 Å². The van der Waals surface area contributed by atoms with E-state index in [1.807, 2.05) is 28.9 Å². The van der Waals surface area contributed by atoms with Crippen LogP contribution in [0, 0.1) is 6.92 Å². The first-order valence-corrected chi connectivity index (χ1v) is 8.55. The topological polar surface area (TPSA) is 47.4 Å². The summed E-state index contributed by atoms with van der Waals surface area (Å²) in [4.78, 5) is 14.8. The smallest absolute Gasteiger partial charge is 0.227 e. The van der Waals surface area contributed by atoms with Gasteiger partial charge in [-0.25, -0.2) is 0 Å². The summed E-state index contributed by atoms with van der Waals surface area (Å²) in [6.45, 7) is 3.56. The minimum absolute atomic E-state index is 0.113. The van der Waals surface area contributed by atoms with Crippen molar-refractivity contribution in [1.82, 2.24) is 14.7 Å². The molecule has 128 valence electrons. The quantitative estimate of drug-likeness (QED) is 0.835. The Balaban J connectivity index is 1.70. The van der Waals surface area contributed by atoms with Crippen molar-refractivity contribution in [3.63, 3.8) is 0 Å². The molecule has 2 aromatic rings. The third-order valence-corrected chi connectivity index (χ3v) is 4.68. The number of aromatic nitrogens is 2. The average molecular weight is 348 g/mol. The van der Waals surface area contributed by atoms with Crippen LogP contribution in [0.1, 0.15) is 24.0 Å². The lowest BCUT2D eigenvalue weighted by atomic mass is 10.1. The highest BCUT2D eigenvalue weighted by atomic mass is 35.5. The summed E-state index contributed by atoms with van der Waals surface area (Å²) in [5, 5.41) is 4.95. The molecule has 1 atom stereocenters. The predicted octanol–water partition coefficient (Wildman–Crippen LogP) is 3.09. The van der Waals surface area contributed by atoms with Gasteiger partial charge < -0.3 is 9.64 Å². The van der Waals surface area contributed by atoms with E-state index < -0.39 is 0 Å². The molecule has 3 rings (SSSR count). The Labute approximate surface area is 147 Å². The van der Waals surface area contributed by atoms with Gasteiger partial charge in [0.1, 0.15) is 5.75 Å². The number of hydrogen-bond donors (Lipinski definition) is 0. The van der Waals surface area contributed by atoms with Crippen LogP contribution in [0.15, 0.2) is 30.6 Å². The molecule has 0 spiro atoms. The number of benzene rings is 1. The van der Waals surface area contributed by atoms with Crippen molar-refractivity contribution < 1.29 is 9.53 Å². The van der Waals surface area contributed by atoms with Gasteiger partial charge in [0.25, 0.3) is 0 Å². The molecule has 1 aromatic heterocycles. The minimum Gasteiger partial charge on any atom is -0.496 e. The molecule has 5 nitrogen and oxygen atoms in total. The van der Waals surface area contributed by atoms with Crippen LogP contribution < -0.4 is 4.74 Å². The molecule has 1 amide bonds. The Morgan fingerprint density at radius 2 is 2.29 bits per heavy atom. The molecule has 0 bridgehead atoms. The van der Waals surface area contributed by atoms with Crippen LogP contribution >= 0.6 is 11.6 Å². The lowest BCUT2D eigenvalue weighted by Gasteiger charge is -2.25. The van der Waals surface area contributed by atoms with Crippen LogP contribution in [0.3, 0.4) is 0 Å². The zero-order valence-corrected chi connectivity index (χ0v) is 14.8. The van der Waals surface area contributed by atoms with E-state index in [9.17, 15) is 4.79 Å². The second-order valence-electron chi connectivity index (χ2n) is 6.26. The summed E-state index contributed by atoms with van der Waals surface area (Å²) in [6.07, 6.45) is 6.21. The fraction of sp³-hybridized carbons (Fsp3) is 0.444. The van der Waals surface area contributed by atoms with Crippen molar-refractivity contribution in [3.8, 4) is 5.75 Å². The third kappa shape index (κ3) is 3.73. The number of nitrogens with zero attached hydrogens (tertiary/aromatic N) is 3.